The minimum absolute atomic E-state index is 0.0827. The number of hydrogen-bond donors (Lipinski definition) is 1. The van der Waals surface area contributed by atoms with Crippen LogP contribution < -0.4 is 9.47 Å². The van der Waals surface area contributed by atoms with Gasteiger partial charge in [0.1, 0.15) is 18.1 Å². The van der Waals surface area contributed by atoms with Crippen LogP contribution in [0.2, 0.25) is 0 Å². The van der Waals surface area contributed by atoms with Crippen molar-refractivity contribution in [3.63, 3.8) is 0 Å². The van der Waals surface area contributed by atoms with Gasteiger partial charge in [-0.05, 0) is 66.8 Å². The molecule has 5 nitrogen and oxygen atoms in total. The number of methoxy groups -OCH3 is 1. The first-order valence-corrected chi connectivity index (χ1v) is 9.97. The van der Waals surface area contributed by atoms with Crippen molar-refractivity contribution in [3.05, 3.63) is 72.4 Å². The Hall–Kier alpha value is -3.21. The highest BCUT2D eigenvalue weighted by atomic mass is 16.5. The van der Waals surface area contributed by atoms with E-state index in [4.69, 9.17) is 9.47 Å². The van der Waals surface area contributed by atoms with Crippen molar-refractivity contribution in [2.75, 3.05) is 26.8 Å². The van der Waals surface area contributed by atoms with Gasteiger partial charge in [-0.25, -0.2) is 0 Å². The minimum atomic E-state index is 0.0827. The van der Waals surface area contributed by atoms with Gasteiger partial charge in [-0.2, -0.15) is 0 Å². The van der Waals surface area contributed by atoms with Crippen molar-refractivity contribution in [1.82, 2.24) is 9.88 Å². The first-order valence-electron chi connectivity index (χ1n) is 9.97. The number of aromatic amines is 1. The predicted molar refractivity (Wildman–Crippen MR) is 115 cm³/mol. The number of carbonyl (C=O) groups excluding carboxylic acids is 1. The Labute approximate surface area is 170 Å². The van der Waals surface area contributed by atoms with Gasteiger partial charge in [0.15, 0.2) is 0 Å². The first kappa shape index (κ1) is 19.1. The summed E-state index contributed by atoms with van der Waals surface area (Å²) in [4.78, 5) is 18.2. The summed E-state index contributed by atoms with van der Waals surface area (Å²) in [7, 11) is 1.69. The SMILES string of the molecule is C=CCOc1ccc(C(=O)N2CCC(c3c[nH]c4ccc(OC)cc34)CC2)cc1. The number of carbonyl (C=O) groups is 1. The molecule has 150 valence electrons. The van der Waals surface area contributed by atoms with Crippen molar-refractivity contribution in [2.24, 2.45) is 0 Å². The number of piperidine rings is 1. The molecular formula is C24H26N2O3. The lowest BCUT2D eigenvalue weighted by molar-refractivity contribution is 0.0713. The molecule has 1 N–H and O–H groups in total. The lowest BCUT2D eigenvalue weighted by Gasteiger charge is -2.32. The molecule has 0 atom stereocenters. The summed E-state index contributed by atoms with van der Waals surface area (Å²) in [6.45, 7) is 5.61. The van der Waals surface area contributed by atoms with Crippen molar-refractivity contribution < 1.29 is 14.3 Å². The molecule has 4 rings (SSSR count). The molecule has 1 aromatic heterocycles. The molecule has 2 aromatic carbocycles. The van der Waals surface area contributed by atoms with Crippen LogP contribution in [0.5, 0.6) is 11.5 Å². The summed E-state index contributed by atoms with van der Waals surface area (Å²) >= 11 is 0. The van der Waals surface area contributed by atoms with E-state index in [0.717, 1.165) is 42.9 Å². The van der Waals surface area contributed by atoms with Crippen LogP contribution >= 0.6 is 0 Å². The second-order valence-corrected chi connectivity index (χ2v) is 7.35. The Bertz CT molecular complexity index is 999. The Kier molecular flexibility index (Phi) is 5.56. The van der Waals surface area contributed by atoms with E-state index < -0.39 is 0 Å². The molecule has 0 radical (unpaired) electrons. The molecule has 5 heteroatoms. The molecule has 0 spiro atoms. The van der Waals surface area contributed by atoms with E-state index in [-0.39, 0.29) is 5.91 Å². The van der Waals surface area contributed by atoms with Gasteiger partial charge in [0.25, 0.3) is 5.91 Å². The van der Waals surface area contributed by atoms with Crippen LogP contribution in [0, 0.1) is 0 Å². The van der Waals surface area contributed by atoms with Gasteiger partial charge in [0, 0.05) is 35.8 Å². The van der Waals surface area contributed by atoms with E-state index in [1.807, 2.05) is 35.2 Å². The topological polar surface area (TPSA) is 54.6 Å². The van der Waals surface area contributed by atoms with Gasteiger partial charge in [-0.15, -0.1) is 0 Å². The van der Waals surface area contributed by atoms with Crippen molar-refractivity contribution in [3.8, 4) is 11.5 Å². The maximum absolute atomic E-state index is 12.9. The molecule has 2 heterocycles. The number of nitrogens with zero attached hydrogens (tertiary/aromatic N) is 1. The lowest BCUT2D eigenvalue weighted by Crippen LogP contribution is -2.37. The zero-order valence-electron chi connectivity index (χ0n) is 16.7. The Morgan fingerprint density at radius 1 is 1.17 bits per heavy atom. The molecule has 29 heavy (non-hydrogen) atoms. The van der Waals surface area contributed by atoms with Crippen molar-refractivity contribution >= 4 is 16.8 Å². The third-order valence-corrected chi connectivity index (χ3v) is 5.61. The molecule has 1 amide bonds. The standard InChI is InChI=1S/C24H26N2O3/c1-3-14-29-19-6-4-18(5-7-19)24(27)26-12-10-17(11-13-26)22-16-25-23-9-8-20(28-2)15-21(22)23/h3-9,15-17,25H,1,10-14H2,2H3. The third-order valence-electron chi connectivity index (χ3n) is 5.61. The highest BCUT2D eigenvalue weighted by Crippen LogP contribution is 2.35. The first-order chi connectivity index (χ1) is 14.2. The maximum Gasteiger partial charge on any atom is 0.253 e. The molecule has 0 unspecified atom stereocenters. The summed E-state index contributed by atoms with van der Waals surface area (Å²) in [5, 5.41) is 1.21. The summed E-state index contributed by atoms with van der Waals surface area (Å²) in [5.74, 6) is 2.13. The number of likely N-dealkylation sites (tertiary alicyclic amines) is 1. The summed E-state index contributed by atoms with van der Waals surface area (Å²) < 4.78 is 10.9. The van der Waals surface area contributed by atoms with E-state index in [0.29, 0.717) is 18.1 Å². The Balaban J connectivity index is 1.41. The normalized spacial score (nSPS) is 14.7. The highest BCUT2D eigenvalue weighted by molar-refractivity contribution is 5.94. The second kappa shape index (κ2) is 8.43. The van der Waals surface area contributed by atoms with E-state index >= 15 is 0 Å². The Morgan fingerprint density at radius 3 is 2.59 bits per heavy atom. The quantitative estimate of drug-likeness (QED) is 0.618. The summed E-state index contributed by atoms with van der Waals surface area (Å²) in [6.07, 6.45) is 5.72. The average molecular weight is 390 g/mol. The molecule has 3 aromatic rings. The van der Waals surface area contributed by atoms with Gasteiger partial charge < -0.3 is 19.4 Å². The van der Waals surface area contributed by atoms with E-state index in [2.05, 4.69) is 29.9 Å². The molecule has 0 aliphatic carbocycles. The zero-order chi connectivity index (χ0) is 20.2. The molecular weight excluding hydrogens is 364 g/mol. The van der Waals surface area contributed by atoms with E-state index in [1.54, 1.807) is 13.2 Å². The molecule has 1 fully saturated rings. The molecule has 0 saturated carbocycles. The number of ether oxygens (including phenoxy) is 2. The third kappa shape index (κ3) is 3.99. The van der Waals surface area contributed by atoms with Crippen LogP contribution in [0.25, 0.3) is 10.9 Å². The van der Waals surface area contributed by atoms with Crippen molar-refractivity contribution in [2.45, 2.75) is 18.8 Å². The average Bonchev–Trinajstić information content (AvgIpc) is 3.21. The highest BCUT2D eigenvalue weighted by Gasteiger charge is 2.26. The molecule has 1 aliphatic rings. The minimum Gasteiger partial charge on any atom is -0.497 e. The number of fused-ring (bicyclic) bond motifs is 1. The number of nitrogens with one attached hydrogen (secondary N) is 1. The van der Waals surface area contributed by atoms with Crippen LogP contribution in [-0.4, -0.2) is 42.6 Å². The van der Waals surface area contributed by atoms with Gasteiger partial charge in [0.2, 0.25) is 0 Å². The van der Waals surface area contributed by atoms with Crippen molar-refractivity contribution in [1.29, 1.82) is 0 Å². The molecule has 1 aliphatic heterocycles. The number of rotatable bonds is 6. The van der Waals surface area contributed by atoms with Gasteiger partial charge in [-0.3, -0.25) is 4.79 Å². The maximum atomic E-state index is 12.9. The van der Waals surface area contributed by atoms with Crippen LogP contribution in [0.15, 0.2) is 61.3 Å². The fourth-order valence-electron chi connectivity index (χ4n) is 4.01. The Morgan fingerprint density at radius 2 is 1.90 bits per heavy atom. The van der Waals surface area contributed by atoms with Crippen LogP contribution in [-0.2, 0) is 0 Å². The van der Waals surface area contributed by atoms with Gasteiger partial charge in [0.05, 0.1) is 7.11 Å². The number of benzene rings is 2. The summed E-state index contributed by atoms with van der Waals surface area (Å²) in [5.41, 5.74) is 3.14. The second-order valence-electron chi connectivity index (χ2n) is 7.35. The van der Waals surface area contributed by atoms with Gasteiger partial charge >= 0.3 is 0 Å². The smallest absolute Gasteiger partial charge is 0.253 e. The summed E-state index contributed by atoms with van der Waals surface area (Å²) in [6, 6.07) is 13.5. The van der Waals surface area contributed by atoms with Crippen LogP contribution in [0.3, 0.4) is 0 Å². The lowest BCUT2D eigenvalue weighted by atomic mass is 9.89. The largest absolute Gasteiger partial charge is 0.497 e. The molecule has 0 bridgehead atoms. The van der Waals surface area contributed by atoms with Gasteiger partial charge in [-0.1, -0.05) is 12.7 Å². The fraction of sp³-hybridized carbons (Fsp3) is 0.292. The van der Waals surface area contributed by atoms with Crippen LogP contribution in [0.1, 0.15) is 34.7 Å². The number of aromatic nitrogens is 1. The van der Waals surface area contributed by atoms with Crippen LogP contribution in [0.4, 0.5) is 0 Å². The number of amides is 1. The van der Waals surface area contributed by atoms with E-state index in [9.17, 15) is 4.79 Å². The molecule has 1 saturated heterocycles. The number of H-pyrrole nitrogens is 1. The monoisotopic (exact) mass is 390 g/mol. The number of hydrogen-bond acceptors (Lipinski definition) is 3. The predicted octanol–water partition coefficient (Wildman–Crippen LogP) is 4.76. The fourth-order valence-corrected chi connectivity index (χ4v) is 4.01. The zero-order valence-corrected chi connectivity index (χ0v) is 16.7. The van der Waals surface area contributed by atoms with E-state index in [1.165, 1.54) is 10.9 Å².